The number of carboxylic acids is 1. The van der Waals surface area contributed by atoms with Gasteiger partial charge in [0.15, 0.2) is 6.10 Å². The van der Waals surface area contributed by atoms with Crippen LogP contribution in [0.2, 0.25) is 0 Å². The maximum Gasteiger partial charge on any atom is 0.334 e. The summed E-state index contributed by atoms with van der Waals surface area (Å²) in [6.45, 7) is 0.308. The van der Waals surface area contributed by atoms with Crippen molar-refractivity contribution in [2.75, 3.05) is 34.2 Å². The van der Waals surface area contributed by atoms with Crippen molar-refractivity contribution < 1.29 is 19.8 Å². The Bertz CT molecular complexity index is 342. The number of rotatable bonds is 6. The van der Waals surface area contributed by atoms with Crippen molar-refractivity contribution in [3.8, 4) is 0 Å². The molecule has 1 aliphatic rings. The Morgan fingerprint density at radius 2 is 1.89 bits per heavy atom. The molecule has 3 N–H and O–H groups in total. The van der Waals surface area contributed by atoms with Gasteiger partial charge in [0.25, 0.3) is 0 Å². The molecule has 7 nitrogen and oxygen atoms in total. The average molecular weight is 273 g/mol. The van der Waals surface area contributed by atoms with Crippen LogP contribution in [0, 0.1) is 0 Å². The molecule has 0 spiro atoms. The number of urea groups is 1. The highest BCUT2D eigenvalue weighted by Crippen LogP contribution is 2.36. The molecule has 1 fully saturated rings. The molecule has 0 saturated heterocycles. The number of aliphatic hydroxyl groups is 1. The lowest BCUT2D eigenvalue weighted by molar-refractivity contribution is -0.146. The second kappa shape index (κ2) is 6.21. The zero-order valence-corrected chi connectivity index (χ0v) is 11.7. The van der Waals surface area contributed by atoms with Gasteiger partial charge in [-0.15, -0.1) is 0 Å². The number of nitrogens with zero attached hydrogens (tertiary/aromatic N) is 2. The molecule has 110 valence electrons. The molecule has 2 amide bonds. The van der Waals surface area contributed by atoms with E-state index in [1.807, 2.05) is 14.1 Å². The Kier molecular flexibility index (Phi) is 5.13. The normalized spacial score (nSPS) is 18.6. The number of hydrogen-bond donors (Lipinski definition) is 3. The monoisotopic (exact) mass is 273 g/mol. The molecule has 1 atom stereocenters. The summed E-state index contributed by atoms with van der Waals surface area (Å²) in [5, 5.41) is 20.0. The Hall–Kier alpha value is -1.34. The number of carboxylic acid groups (broad SMARTS) is 1. The first-order chi connectivity index (χ1) is 8.78. The fourth-order valence-corrected chi connectivity index (χ4v) is 2.25. The molecule has 0 aliphatic heterocycles. The SMILES string of the molecule is CN(CC1(N(C)C)CCC1)C(=O)NCC(O)C(=O)O. The summed E-state index contributed by atoms with van der Waals surface area (Å²) in [6.07, 6.45) is 1.69. The fourth-order valence-electron chi connectivity index (χ4n) is 2.25. The molecule has 1 unspecified atom stereocenters. The number of hydrogen-bond acceptors (Lipinski definition) is 4. The molecule has 0 aromatic heterocycles. The van der Waals surface area contributed by atoms with E-state index in [1.165, 1.54) is 4.90 Å². The second-order valence-corrected chi connectivity index (χ2v) is 5.37. The minimum atomic E-state index is -1.57. The summed E-state index contributed by atoms with van der Waals surface area (Å²) in [6, 6.07) is -0.367. The Morgan fingerprint density at radius 1 is 1.32 bits per heavy atom. The van der Waals surface area contributed by atoms with Crippen LogP contribution in [0.1, 0.15) is 19.3 Å². The van der Waals surface area contributed by atoms with Gasteiger partial charge in [-0.2, -0.15) is 0 Å². The van der Waals surface area contributed by atoms with E-state index in [0.717, 1.165) is 19.3 Å². The largest absolute Gasteiger partial charge is 0.479 e. The van der Waals surface area contributed by atoms with Crippen molar-refractivity contribution in [3.05, 3.63) is 0 Å². The van der Waals surface area contributed by atoms with E-state index >= 15 is 0 Å². The summed E-state index contributed by atoms with van der Waals surface area (Å²) >= 11 is 0. The van der Waals surface area contributed by atoms with Crippen molar-refractivity contribution in [1.82, 2.24) is 15.1 Å². The lowest BCUT2D eigenvalue weighted by Crippen LogP contribution is -2.58. The maximum atomic E-state index is 11.8. The Balaban J connectivity index is 2.42. The van der Waals surface area contributed by atoms with Gasteiger partial charge in [0.1, 0.15) is 0 Å². The summed E-state index contributed by atoms with van der Waals surface area (Å²) in [5.41, 5.74) is 0.0253. The molecular formula is C12H23N3O4. The number of carbonyl (C=O) groups excluding carboxylic acids is 1. The predicted molar refractivity (Wildman–Crippen MR) is 69.9 cm³/mol. The standard InChI is InChI=1S/C12H23N3O4/c1-14(2)12(5-4-6-12)8-15(3)11(19)13-7-9(16)10(17)18/h9,16H,4-8H2,1-3H3,(H,13,19)(H,17,18). The molecule has 1 rings (SSSR count). The molecule has 0 aromatic carbocycles. The van der Waals surface area contributed by atoms with Crippen LogP contribution in [0.3, 0.4) is 0 Å². The van der Waals surface area contributed by atoms with Crippen LogP contribution in [0.5, 0.6) is 0 Å². The van der Waals surface area contributed by atoms with Gasteiger partial charge in [-0.05, 0) is 33.4 Å². The number of amides is 2. The first kappa shape index (κ1) is 15.7. The highest BCUT2D eigenvalue weighted by Gasteiger charge is 2.40. The van der Waals surface area contributed by atoms with Gasteiger partial charge in [0, 0.05) is 19.1 Å². The number of carbonyl (C=O) groups is 2. The zero-order valence-electron chi connectivity index (χ0n) is 11.7. The number of nitrogens with one attached hydrogen (secondary N) is 1. The summed E-state index contributed by atoms with van der Waals surface area (Å²) in [7, 11) is 5.67. The highest BCUT2D eigenvalue weighted by atomic mass is 16.4. The van der Waals surface area contributed by atoms with Crippen molar-refractivity contribution in [3.63, 3.8) is 0 Å². The lowest BCUT2D eigenvalue weighted by atomic mass is 9.75. The van der Waals surface area contributed by atoms with Gasteiger partial charge < -0.3 is 25.3 Å². The summed E-state index contributed by atoms with van der Waals surface area (Å²) < 4.78 is 0. The van der Waals surface area contributed by atoms with Crippen molar-refractivity contribution >= 4 is 12.0 Å². The van der Waals surface area contributed by atoms with Crippen LogP contribution in [0.4, 0.5) is 4.79 Å². The fraction of sp³-hybridized carbons (Fsp3) is 0.833. The van der Waals surface area contributed by atoms with E-state index in [-0.39, 0.29) is 18.1 Å². The zero-order chi connectivity index (χ0) is 14.6. The lowest BCUT2D eigenvalue weighted by Gasteiger charge is -2.49. The van der Waals surface area contributed by atoms with Crippen LogP contribution in [0.25, 0.3) is 0 Å². The molecule has 19 heavy (non-hydrogen) atoms. The molecular weight excluding hydrogens is 250 g/mol. The second-order valence-electron chi connectivity index (χ2n) is 5.37. The van der Waals surface area contributed by atoms with Gasteiger partial charge in [-0.1, -0.05) is 0 Å². The Morgan fingerprint density at radius 3 is 2.26 bits per heavy atom. The third kappa shape index (κ3) is 3.81. The summed E-state index contributed by atoms with van der Waals surface area (Å²) in [5.74, 6) is -1.34. The molecule has 0 aromatic rings. The number of likely N-dealkylation sites (N-methyl/N-ethyl adjacent to an activating group) is 2. The van der Waals surface area contributed by atoms with Crippen LogP contribution in [-0.4, -0.2) is 77.9 Å². The Labute approximate surface area is 113 Å². The first-order valence-electron chi connectivity index (χ1n) is 6.36. The molecule has 0 radical (unpaired) electrons. The molecule has 7 heteroatoms. The number of aliphatic carboxylic acids is 1. The van der Waals surface area contributed by atoms with E-state index in [1.54, 1.807) is 7.05 Å². The topological polar surface area (TPSA) is 93.1 Å². The summed E-state index contributed by atoms with van der Waals surface area (Å²) in [4.78, 5) is 25.9. The van der Waals surface area contributed by atoms with E-state index in [4.69, 9.17) is 10.2 Å². The van der Waals surface area contributed by atoms with Gasteiger partial charge in [-0.3, -0.25) is 0 Å². The quantitative estimate of drug-likeness (QED) is 0.610. The molecule has 1 aliphatic carbocycles. The van der Waals surface area contributed by atoms with Gasteiger partial charge in [0.05, 0.1) is 6.54 Å². The third-order valence-corrected chi connectivity index (χ3v) is 3.84. The third-order valence-electron chi connectivity index (χ3n) is 3.84. The average Bonchev–Trinajstić information content (AvgIpc) is 2.28. The maximum absolute atomic E-state index is 11.8. The minimum absolute atomic E-state index is 0.0253. The predicted octanol–water partition coefficient (Wildman–Crippen LogP) is -0.442. The highest BCUT2D eigenvalue weighted by molar-refractivity contribution is 5.76. The van der Waals surface area contributed by atoms with E-state index in [2.05, 4.69) is 10.2 Å². The smallest absolute Gasteiger partial charge is 0.334 e. The van der Waals surface area contributed by atoms with E-state index in [0.29, 0.717) is 6.54 Å². The minimum Gasteiger partial charge on any atom is -0.479 e. The van der Waals surface area contributed by atoms with Crippen LogP contribution >= 0.6 is 0 Å². The molecule has 0 heterocycles. The van der Waals surface area contributed by atoms with Crippen molar-refractivity contribution in [1.29, 1.82) is 0 Å². The van der Waals surface area contributed by atoms with Crippen LogP contribution < -0.4 is 5.32 Å². The van der Waals surface area contributed by atoms with Gasteiger partial charge in [-0.25, -0.2) is 9.59 Å². The van der Waals surface area contributed by atoms with E-state index < -0.39 is 12.1 Å². The van der Waals surface area contributed by atoms with Crippen molar-refractivity contribution in [2.45, 2.75) is 30.9 Å². The molecule has 0 bridgehead atoms. The van der Waals surface area contributed by atoms with Gasteiger partial charge >= 0.3 is 12.0 Å². The van der Waals surface area contributed by atoms with Crippen LogP contribution in [-0.2, 0) is 4.79 Å². The molecule has 1 saturated carbocycles. The van der Waals surface area contributed by atoms with Crippen LogP contribution in [0.15, 0.2) is 0 Å². The van der Waals surface area contributed by atoms with Crippen molar-refractivity contribution in [2.24, 2.45) is 0 Å². The number of aliphatic hydroxyl groups excluding tert-OH is 1. The van der Waals surface area contributed by atoms with E-state index in [9.17, 15) is 9.59 Å². The van der Waals surface area contributed by atoms with Gasteiger partial charge in [0.2, 0.25) is 0 Å². The first-order valence-corrected chi connectivity index (χ1v) is 6.36.